The van der Waals surface area contributed by atoms with Crippen molar-refractivity contribution in [2.24, 2.45) is 0 Å². The van der Waals surface area contributed by atoms with Crippen LogP contribution in [0.15, 0.2) is 42.9 Å². The van der Waals surface area contributed by atoms with E-state index in [0.29, 0.717) is 11.2 Å². The molecule has 130 valence electrons. The third-order valence-corrected chi connectivity index (χ3v) is 4.61. The lowest BCUT2D eigenvalue weighted by molar-refractivity contribution is 0.0217. The molecule has 0 amide bonds. The summed E-state index contributed by atoms with van der Waals surface area (Å²) in [6, 6.07) is 9.41. The molecule has 0 spiro atoms. The predicted octanol–water partition coefficient (Wildman–Crippen LogP) is 3.41. The molecule has 0 bridgehead atoms. The van der Waals surface area contributed by atoms with Gasteiger partial charge < -0.3 is 10.1 Å². The second-order valence-electron chi connectivity index (χ2n) is 6.34. The number of alkyl halides is 1. The number of fused-ring (bicyclic) bond motifs is 1. The van der Waals surface area contributed by atoms with Crippen LogP contribution >= 0.6 is 0 Å². The first-order valence-electron chi connectivity index (χ1n) is 8.51. The molecule has 2 heterocycles. The van der Waals surface area contributed by atoms with E-state index in [-0.39, 0.29) is 18.8 Å². The zero-order valence-corrected chi connectivity index (χ0v) is 13.7. The Hall–Kier alpha value is -2.54. The van der Waals surface area contributed by atoms with Gasteiger partial charge in [-0.05, 0) is 24.8 Å². The first kappa shape index (κ1) is 16.0. The number of aromatic amines is 1. The average molecular weight is 341 g/mol. The van der Waals surface area contributed by atoms with Crippen molar-refractivity contribution in [3.8, 4) is 0 Å². The van der Waals surface area contributed by atoms with E-state index in [4.69, 9.17) is 4.74 Å². The number of ether oxygens (including phenoxy) is 1. The van der Waals surface area contributed by atoms with Gasteiger partial charge in [0.1, 0.15) is 18.3 Å². The Bertz CT molecular complexity index is 824. The van der Waals surface area contributed by atoms with Crippen molar-refractivity contribution >= 4 is 16.9 Å². The highest BCUT2D eigenvalue weighted by Crippen LogP contribution is 2.28. The fraction of sp³-hybridized carbons (Fsp3) is 0.389. The molecule has 0 aliphatic heterocycles. The van der Waals surface area contributed by atoms with Crippen LogP contribution in [0.1, 0.15) is 31.0 Å². The monoisotopic (exact) mass is 341 g/mol. The molecule has 1 unspecified atom stereocenters. The van der Waals surface area contributed by atoms with E-state index in [1.165, 1.54) is 6.33 Å². The standard InChI is InChI=1S/C18H20FN5O/c19-16(12-4-2-1-3-5-12)10-25-14-7-6-13(8-14)23-17-15-9-22-24-18(15)21-11-20-17/h1-5,9,11,13-14,16H,6-8,10H2,(H2,20,21,22,23,24)/t13-,14+,16?/m0/s1. The molecule has 4 rings (SSSR count). The summed E-state index contributed by atoms with van der Waals surface area (Å²) >= 11 is 0. The summed E-state index contributed by atoms with van der Waals surface area (Å²) in [5.74, 6) is 0.775. The predicted molar refractivity (Wildman–Crippen MR) is 93.0 cm³/mol. The van der Waals surface area contributed by atoms with Gasteiger partial charge in [0, 0.05) is 6.04 Å². The van der Waals surface area contributed by atoms with E-state index in [9.17, 15) is 4.39 Å². The number of nitrogens with zero attached hydrogens (tertiary/aromatic N) is 3. The van der Waals surface area contributed by atoms with E-state index < -0.39 is 6.17 Å². The van der Waals surface area contributed by atoms with Crippen LogP contribution in [0.5, 0.6) is 0 Å². The maximum atomic E-state index is 14.2. The van der Waals surface area contributed by atoms with Crippen molar-refractivity contribution in [1.82, 2.24) is 20.2 Å². The van der Waals surface area contributed by atoms with E-state index in [0.717, 1.165) is 30.5 Å². The summed E-state index contributed by atoms with van der Waals surface area (Å²) in [6.45, 7) is 0.0981. The van der Waals surface area contributed by atoms with Crippen molar-refractivity contribution in [3.05, 3.63) is 48.4 Å². The number of benzene rings is 1. The van der Waals surface area contributed by atoms with Crippen molar-refractivity contribution in [2.75, 3.05) is 11.9 Å². The molecule has 2 aromatic heterocycles. The molecule has 6 nitrogen and oxygen atoms in total. The van der Waals surface area contributed by atoms with Gasteiger partial charge in [-0.15, -0.1) is 0 Å². The number of hydrogen-bond acceptors (Lipinski definition) is 5. The zero-order valence-electron chi connectivity index (χ0n) is 13.7. The molecule has 3 atom stereocenters. The van der Waals surface area contributed by atoms with Crippen LogP contribution in [0.4, 0.5) is 10.2 Å². The number of nitrogens with one attached hydrogen (secondary N) is 2. The van der Waals surface area contributed by atoms with Crippen LogP contribution in [-0.4, -0.2) is 38.9 Å². The summed E-state index contributed by atoms with van der Waals surface area (Å²) in [5.41, 5.74) is 1.38. The normalized spacial score (nSPS) is 21.5. The topological polar surface area (TPSA) is 75.7 Å². The Morgan fingerprint density at radius 2 is 2.12 bits per heavy atom. The molecule has 1 saturated carbocycles. The van der Waals surface area contributed by atoms with Crippen molar-refractivity contribution < 1.29 is 9.13 Å². The number of hydrogen-bond donors (Lipinski definition) is 2. The maximum absolute atomic E-state index is 14.2. The first-order chi connectivity index (χ1) is 12.3. The number of aromatic nitrogens is 4. The van der Waals surface area contributed by atoms with Gasteiger partial charge in [0.15, 0.2) is 5.65 Å². The second kappa shape index (κ2) is 7.14. The van der Waals surface area contributed by atoms with Crippen LogP contribution in [0.25, 0.3) is 11.0 Å². The molecule has 1 fully saturated rings. The van der Waals surface area contributed by atoms with Crippen LogP contribution in [0.3, 0.4) is 0 Å². The van der Waals surface area contributed by atoms with Crippen LogP contribution in [0, 0.1) is 0 Å². The molecule has 1 aliphatic carbocycles. The second-order valence-corrected chi connectivity index (χ2v) is 6.34. The third kappa shape index (κ3) is 3.61. The Morgan fingerprint density at radius 1 is 1.24 bits per heavy atom. The highest BCUT2D eigenvalue weighted by atomic mass is 19.1. The molecule has 3 aromatic rings. The number of halogens is 1. The molecular formula is C18H20FN5O. The smallest absolute Gasteiger partial charge is 0.160 e. The van der Waals surface area contributed by atoms with E-state index >= 15 is 0 Å². The number of H-pyrrole nitrogens is 1. The molecule has 1 aliphatic rings. The molecule has 0 radical (unpaired) electrons. The van der Waals surface area contributed by atoms with Gasteiger partial charge in [0.2, 0.25) is 0 Å². The van der Waals surface area contributed by atoms with Gasteiger partial charge in [-0.1, -0.05) is 30.3 Å². The molecule has 0 saturated heterocycles. The van der Waals surface area contributed by atoms with Gasteiger partial charge in [-0.2, -0.15) is 5.10 Å². The highest BCUT2D eigenvalue weighted by molar-refractivity contribution is 5.85. The Kier molecular flexibility index (Phi) is 4.56. The van der Waals surface area contributed by atoms with E-state index in [1.54, 1.807) is 18.3 Å². The van der Waals surface area contributed by atoms with Crippen molar-refractivity contribution in [1.29, 1.82) is 0 Å². The van der Waals surface area contributed by atoms with Gasteiger partial charge in [0.25, 0.3) is 0 Å². The first-order valence-corrected chi connectivity index (χ1v) is 8.51. The van der Waals surface area contributed by atoms with Crippen molar-refractivity contribution in [3.63, 3.8) is 0 Å². The molecule has 7 heteroatoms. The van der Waals surface area contributed by atoms with Crippen molar-refractivity contribution in [2.45, 2.75) is 37.6 Å². The Labute approximate surface area is 144 Å². The Balaban J connectivity index is 1.30. The molecule has 1 aromatic carbocycles. The number of rotatable bonds is 6. The van der Waals surface area contributed by atoms with E-state index in [1.807, 2.05) is 18.2 Å². The largest absolute Gasteiger partial charge is 0.375 e. The van der Waals surface area contributed by atoms with Gasteiger partial charge in [-0.25, -0.2) is 14.4 Å². The minimum Gasteiger partial charge on any atom is -0.375 e. The summed E-state index contributed by atoms with van der Waals surface area (Å²) in [6.07, 6.45) is 4.94. The summed E-state index contributed by atoms with van der Waals surface area (Å²) < 4.78 is 20.0. The van der Waals surface area contributed by atoms with Gasteiger partial charge in [0.05, 0.1) is 24.3 Å². The van der Waals surface area contributed by atoms with Crippen LogP contribution < -0.4 is 5.32 Å². The Morgan fingerprint density at radius 3 is 3.00 bits per heavy atom. The van der Waals surface area contributed by atoms with Crippen LogP contribution in [0.2, 0.25) is 0 Å². The highest BCUT2D eigenvalue weighted by Gasteiger charge is 2.27. The fourth-order valence-electron chi connectivity index (χ4n) is 3.27. The lowest BCUT2D eigenvalue weighted by Gasteiger charge is -2.16. The SMILES string of the molecule is FC(CO[C@@H]1CC[C@H](Nc2ncnc3[nH]ncc23)C1)c1ccccc1. The summed E-state index contributed by atoms with van der Waals surface area (Å²) in [7, 11) is 0. The molecule has 2 N–H and O–H groups in total. The number of anilines is 1. The third-order valence-electron chi connectivity index (χ3n) is 4.61. The summed E-state index contributed by atoms with van der Waals surface area (Å²) in [4.78, 5) is 8.43. The quantitative estimate of drug-likeness (QED) is 0.718. The average Bonchev–Trinajstić information content (AvgIpc) is 3.30. The molecule has 25 heavy (non-hydrogen) atoms. The van der Waals surface area contributed by atoms with Gasteiger partial charge in [-0.3, -0.25) is 5.10 Å². The minimum absolute atomic E-state index is 0.0705. The maximum Gasteiger partial charge on any atom is 0.160 e. The van der Waals surface area contributed by atoms with E-state index in [2.05, 4.69) is 25.5 Å². The lowest BCUT2D eigenvalue weighted by atomic mass is 10.1. The summed E-state index contributed by atoms with van der Waals surface area (Å²) in [5, 5.41) is 11.1. The zero-order chi connectivity index (χ0) is 17.1. The molecular weight excluding hydrogens is 321 g/mol. The minimum atomic E-state index is -1.08. The van der Waals surface area contributed by atoms with Crippen LogP contribution in [-0.2, 0) is 4.74 Å². The van der Waals surface area contributed by atoms with Gasteiger partial charge >= 0.3 is 0 Å². The fourth-order valence-corrected chi connectivity index (χ4v) is 3.27. The lowest BCUT2D eigenvalue weighted by Crippen LogP contribution is -2.19.